The quantitative estimate of drug-likeness (QED) is 0.766. The number of para-hydroxylation sites is 2. The van der Waals surface area contributed by atoms with Gasteiger partial charge in [0.05, 0.1) is 24.8 Å². The zero-order valence-corrected chi connectivity index (χ0v) is 14.3. The van der Waals surface area contributed by atoms with Crippen LogP contribution in [0.25, 0.3) is 0 Å². The second-order valence-corrected chi connectivity index (χ2v) is 6.37. The van der Waals surface area contributed by atoms with Gasteiger partial charge in [-0.05, 0) is 31.9 Å². The number of benzene rings is 1. The molecule has 0 unspecified atom stereocenters. The fourth-order valence-electron chi connectivity index (χ4n) is 2.89. The minimum atomic E-state index is -0.462. The van der Waals surface area contributed by atoms with E-state index in [2.05, 4.69) is 10.6 Å². The van der Waals surface area contributed by atoms with Crippen molar-refractivity contribution >= 4 is 23.4 Å². The van der Waals surface area contributed by atoms with Gasteiger partial charge in [0.1, 0.15) is 5.75 Å². The molecule has 25 heavy (non-hydrogen) atoms. The van der Waals surface area contributed by atoms with Gasteiger partial charge < -0.3 is 20.3 Å². The van der Waals surface area contributed by atoms with Crippen molar-refractivity contribution in [1.82, 2.24) is 10.6 Å². The molecule has 1 aromatic carbocycles. The van der Waals surface area contributed by atoms with E-state index in [9.17, 15) is 14.4 Å². The van der Waals surface area contributed by atoms with Gasteiger partial charge in [0.25, 0.3) is 0 Å². The predicted molar refractivity (Wildman–Crippen MR) is 92.2 cm³/mol. The standard InChI is InChI=1S/C18H23N3O4/c1-2-25-15-6-4-3-5-14(15)21-11-12(9-17(21)23)18(24)19-10-16(22)20-13-7-8-13/h3-6,12-13H,2,7-11H2,1H3,(H,19,24)(H,20,22)/t12-/m0/s1. The summed E-state index contributed by atoms with van der Waals surface area (Å²) in [5.74, 6) is -0.400. The summed E-state index contributed by atoms with van der Waals surface area (Å²) in [6.07, 6.45) is 2.15. The van der Waals surface area contributed by atoms with E-state index >= 15 is 0 Å². The van der Waals surface area contributed by atoms with Crippen LogP contribution in [0.2, 0.25) is 0 Å². The first-order valence-electron chi connectivity index (χ1n) is 8.67. The number of hydrogen-bond acceptors (Lipinski definition) is 4. The first kappa shape index (κ1) is 17.3. The van der Waals surface area contributed by atoms with Gasteiger partial charge in [-0.1, -0.05) is 12.1 Å². The number of rotatable bonds is 7. The van der Waals surface area contributed by atoms with Crippen LogP contribution in [-0.4, -0.2) is 43.5 Å². The Morgan fingerprint density at radius 1 is 1.28 bits per heavy atom. The van der Waals surface area contributed by atoms with Gasteiger partial charge in [-0.25, -0.2) is 0 Å². The number of carbonyl (C=O) groups is 3. The Morgan fingerprint density at radius 2 is 2.04 bits per heavy atom. The fourth-order valence-corrected chi connectivity index (χ4v) is 2.89. The predicted octanol–water partition coefficient (Wildman–Crippen LogP) is 0.833. The molecule has 1 saturated carbocycles. The second kappa shape index (κ2) is 7.55. The minimum absolute atomic E-state index is 0.0461. The summed E-state index contributed by atoms with van der Waals surface area (Å²) in [7, 11) is 0. The summed E-state index contributed by atoms with van der Waals surface area (Å²) in [5, 5.41) is 5.45. The molecule has 1 heterocycles. The maximum Gasteiger partial charge on any atom is 0.239 e. The molecular formula is C18H23N3O4. The molecule has 7 heteroatoms. The largest absolute Gasteiger partial charge is 0.492 e. The van der Waals surface area contributed by atoms with Crippen molar-refractivity contribution in [2.24, 2.45) is 5.92 Å². The molecule has 1 saturated heterocycles. The third-order valence-electron chi connectivity index (χ3n) is 4.32. The molecule has 0 aromatic heterocycles. The normalized spacial score (nSPS) is 19.6. The first-order chi connectivity index (χ1) is 12.1. The van der Waals surface area contributed by atoms with Crippen LogP contribution in [-0.2, 0) is 14.4 Å². The number of anilines is 1. The Bertz CT molecular complexity index is 672. The number of hydrogen-bond donors (Lipinski definition) is 2. The average molecular weight is 345 g/mol. The van der Waals surface area contributed by atoms with E-state index in [1.54, 1.807) is 4.90 Å². The first-order valence-corrected chi connectivity index (χ1v) is 8.67. The molecule has 3 rings (SSSR count). The van der Waals surface area contributed by atoms with E-state index in [0.717, 1.165) is 12.8 Å². The van der Waals surface area contributed by atoms with Gasteiger partial charge in [0.15, 0.2) is 0 Å². The highest BCUT2D eigenvalue weighted by atomic mass is 16.5. The maximum atomic E-state index is 12.3. The summed E-state index contributed by atoms with van der Waals surface area (Å²) in [6, 6.07) is 7.56. The molecule has 0 bridgehead atoms. The molecule has 3 amide bonds. The molecule has 2 fully saturated rings. The average Bonchev–Trinajstić information content (AvgIpc) is 3.33. The molecule has 7 nitrogen and oxygen atoms in total. The summed E-state index contributed by atoms with van der Waals surface area (Å²) in [6.45, 7) is 2.62. The van der Waals surface area contributed by atoms with E-state index in [4.69, 9.17) is 4.74 Å². The van der Waals surface area contributed by atoms with Crippen LogP contribution in [0.15, 0.2) is 24.3 Å². The van der Waals surface area contributed by atoms with Gasteiger partial charge in [-0.15, -0.1) is 0 Å². The highest BCUT2D eigenvalue weighted by Crippen LogP contribution is 2.33. The highest BCUT2D eigenvalue weighted by Gasteiger charge is 2.36. The van der Waals surface area contributed by atoms with Crippen LogP contribution < -0.4 is 20.3 Å². The Labute approximate surface area is 146 Å². The van der Waals surface area contributed by atoms with E-state index < -0.39 is 5.92 Å². The van der Waals surface area contributed by atoms with Crippen LogP contribution in [0.5, 0.6) is 5.75 Å². The van der Waals surface area contributed by atoms with Crippen molar-refractivity contribution in [2.45, 2.75) is 32.2 Å². The molecule has 1 aliphatic heterocycles. The lowest BCUT2D eigenvalue weighted by atomic mass is 10.1. The second-order valence-electron chi connectivity index (χ2n) is 6.37. The topological polar surface area (TPSA) is 87.7 Å². The summed E-state index contributed by atoms with van der Waals surface area (Å²) < 4.78 is 5.57. The van der Waals surface area contributed by atoms with Crippen molar-refractivity contribution in [3.63, 3.8) is 0 Å². The van der Waals surface area contributed by atoms with Crippen molar-refractivity contribution < 1.29 is 19.1 Å². The zero-order chi connectivity index (χ0) is 17.8. The number of ether oxygens (including phenoxy) is 1. The van der Waals surface area contributed by atoms with Gasteiger partial charge in [-0.2, -0.15) is 0 Å². The van der Waals surface area contributed by atoms with Crippen LogP contribution in [0.4, 0.5) is 5.69 Å². The van der Waals surface area contributed by atoms with Crippen molar-refractivity contribution in [3.05, 3.63) is 24.3 Å². The third-order valence-corrected chi connectivity index (χ3v) is 4.32. The monoisotopic (exact) mass is 345 g/mol. The van der Waals surface area contributed by atoms with Crippen LogP contribution in [0.1, 0.15) is 26.2 Å². The van der Waals surface area contributed by atoms with E-state index in [1.807, 2.05) is 31.2 Å². The molecular weight excluding hydrogens is 322 g/mol. The van der Waals surface area contributed by atoms with Gasteiger partial charge >= 0.3 is 0 Å². The molecule has 0 spiro atoms. The molecule has 2 N–H and O–H groups in total. The van der Waals surface area contributed by atoms with Crippen molar-refractivity contribution in [3.8, 4) is 5.75 Å². The Morgan fingerprint density at radius 3 is 2.76 bits per heavy atom. The Balaban J connectivity index is 1.58. The molecule has 1 atom stereocenters. The lowest BCUT2D eigenvalue weighted by Crippen LogP contribution is -2.40. The number of nitrogens with one attached hydrogen (secondary N) is 2. The highest BCUT2D eigenvalue weighted by molar-refractivity contribution is 6.01. The SMILES string of the molecule is CCOc1ccccc1N1C[C@@H](C(=O)NCC(=O)NC2CC2)CC1=O. The smallest absolute Gasteiger partial charge is 0.239 e. The van der Waals surface area contributed by atoms with Crippen molar-refractivity contribution in [1.29, 1.82) is 0 Å². The number of carbonyl (C=O) groups excluding carboxylic acids is 3. The van der Waals surface area contributed by atoms with Crippen LogP contribution in [0.3, 0.4) is 0 Å². The molecule has 134 valence electrons. The van der Waals surface area contributed by atoms with Gasteiger partial charge in [0, 0.05) is 19.0 Å². The van der Waals surface area contributed by atoms with Crippen molar-refractivity contribution in [2.75, 3.05) is 24.6 Å². The van der Waals surface area contributed by atoms with E-state index in [0.29, 0.717) is 24.6 Å². The van der Waals surface area contributed by atoms with E-state index in [-0.39, 0.29) is 36.7 Å². The minimum Gasteiger partial charge on any atom is -0.492 e. The molecule has 2 aliphatic rings. The van der Waals surface area contributed by atoms with Crippen LogP contribution in [0, 0.1) is 5.92 Å². The summed E-state index contributed by atoms with van der Waals surface area (Å²) in [5.41, 5.74) is 0.677. The van der Waals surface area contributed by atoms with E-state index in [1.165, 1.54) is 0 Å². The number of nitrogens with zero attached hydrogens (tertiary/aromatic N) is 1. The summed E-state index contributed by atoms with van der Waals surface area (Å²) in [4.78, 5) is 37.9. The Hall–Kier alpha value is -2.57. The molecule has 1 aliphatic carbocycles. The third kappa shape index (κ3) is 4.29. The zero-order valence-electron chi connectivity index (χ0n) is 14.3. The van der Waals surface area contributed by atoms with Gasteiger partial charge in [-0.3, -0.25) is 14.4 Å². The Kier molecular flexibility index (Phi) is 5.21. The fraction of sp³-hybridized carbons (Fsp3) is 0.500. The summed E-state index contributed by atoms with van der Waals surface area (Å²) >= 11 is 0. The van der Waals surface area contributed by atoms with Gasteiger partial charge in [0.2, 0.25) is 17.7 Å². The lowest BCUT2D eigenvalue weighted by Gasteiger charge is -2.20. The number of amides is 3. The maximum absolute atomic E-state index is 12.3. The molecule has 0 radical (unpaired) electrons. The van der Waals surface area contributed by atoms with Crippen LogP contribution >= 0.6 is 0 Å². The lowest BCUT2D eigenvalue weighted by molar-refractivity contribution is -0.129. The molecule has 1 aromatic rings.